The van der Waals surface area contributed by atoms with Gasteiger partial charge in [-0.25, -0.2) is 0 Å². The molecule has 0 atom stereocenters. The number of nitrogens with zero attached hydrogens (tertiary/aromatic N) is 4. The minimum atomic E-state index is -0.474. The van der Waals surface area contributed by atoms with E-state index < -0.39 is 4.92 Å². The van der Waals surface area contributed by atoms with Crippen molar-refractivity contribution in [1.29, 1.82) is 0 Å². The van der Waals surface area contributed by atoms with Gasteiger partial charge in [0.25, 0.3) is 11.6 Å². The molecule has 170 valence electrons. The number of benzene rings is 2. The van der Waals surface area contributed by atoms with Gasteiger partial charge >= 0.3 is 0 Å². The van der Waals surface area contributed by atoms with Gasteiger partial charge in [0.1, 0.15) is 5.69 Å². The predicted octanol–water partition coefficient (Wildman–Crippen LogP) is 4.21. The van der Waals surface area contributed by atoms with Gasteiger partial charge in [0.05, 0.1) is 4.92 Å². The number of pyridine rings is 1. The van der Waals surface area contributed by atoms with E-state index >= 15 is 0 Å². The molecule has 4 rings (SSSR count). The Morgan fingerprint density at radius 2 is 1.79 bits per heavy atom. The van der Waals surface area contributed by atoms with E-state index in [1.54, 1.807) is 35.5 Å². The summed E-state index contributed by atoms with van der Waals surface area (Å²) in [5.74, 6) is -0.195. The smallest absolute Gasteiger partial charge is 0.293 e. The molecule has 0 unspecified atom stereocenters. The Bertz CT molecular complexity index is 1130. The van der Waals surface area contributed by atoms with Gasteiger partial charge in [0.15, 0.2) is 0 Å². The van der Waals surface area contributed by atoms with Crippen molar-refractivity contribution in [2.45, 2.75) is 13.1 Å². The molecule has 0 aliphatic carbocycles. The molecule has 0 bridgehead atoms. The third-order valence-corrected chi connectivity index (χ3v) is 6.05. The zero-order valence-electron chi connectivity index (χ0n) is 18.0. The van der Waals surface area contributed by atoms with E-state index in [2.05, 4.69) is 15.2 Å². The Morgan fingerprint density at radius 1 is 1.06 bits per heavy atom. The Labute approximate surface area is 197 Å². The normalized spacial score (nSPS) is 14.2. The Kier molecular flexibility index (Phi) is 7.16. The number of amides is 1. The number of piperazine rings is 1. The molecule has 1 aliphatic rings. The number of carbonyl (C=O) groups excluding carboxylic acids is 1. The molecular weight excluding hydrogens is 442 g/mol. The summed E-state index contributed by atoms with van der Waals surface area (Å²) in [6, 6.07) is 15.8. The minimum absolute atomic E-state index is 0.135. The Balaban J connectivity index is 1.40. The van der Waals surface area contributed by atoms with Crippen LogP contribution in [0.4, 0.5) is 11.4 Å². The first-order valence-electron chi connectivity index (χ1n) is 10.7. The molecular formula is C24H24ClN5O3. The molecule has 1 aromatic heterocycles. The first-order valence-corrected chi connectivity index (χ1v) is 11.1. The number of aromatic nitrogens is 1. The topological polar surface area (TPSA) is 91.6 Å². The first kappa shape index (κ1) is 22.7. The molecule has 0 saturated carbocycles. The monoisotopic (exact) mass is 465 g/mol. The lowest BCUT2D eigenvalue weighted by atomic mass is 10.1. The highest BCUT2D eigenvalue weighted by Gasteiger charge is 2.24. The second-order valence-electron chi connectivity index (χ2n) is 7.86. The second-order valence-corrected chi connectivity index (χ2v) is 8.27. The lowest BCUT2D eigenvalue weighted by Gasteiger charge is -2.34. The molecule has 1 amide bonds. The van der Waals surface area contributed by atoms with E-state index in [0.717, 1.165) is 25.2 Å². The first-order chi connectivity index (χ1) is 16.0. The maximum absolute atomic E-state index is 13.0. The number of nitro benzene ring substituents is 1. The quantitative estimate of drug-likeness (QED) is 0.415. The van der Waals surface area contributed by atoms with Crippen molar-refractivity contribution in [2.24, 2.45) is 0 Å². The van der Waals surface area contributed by atoms with Gasteiger partial charge in [-0.1, -0.05) is 29.8 Å². The predicted molar refractivity (Wildman–Crippen MR) is 127 cm³/mol. The Hall–Kier alpha value is -3.49. The van der Waals surface area contributed by atoms with E-state index in [0.29, 0.717) is 35.9 Å². The summed E-state index contributed by atoms with van der Waals surface area (Å²) in [6.45, 7) is 3.78. The fourth-order valence-corrected chi connectivity index (χ4v) is 4.04. The fraction of sp³-hybridized carbons (Fsp3) is 0.250. The van der Waals surface area contributed by atoms with Gasteiger partial charge in [-0.2, -0.15) is 0 Å². The van der Waals surface area contributed by atoms with Gasteiger partial charge in [0.2, 0.25) is 0 Å². The van der Waals surface area contributed by atoms with Crippen LogP contribution in [0.15, 0.2) is 67.0 Å². The van der Waals surface area contributed by atoms with Crippen molar-refractivity contribution >= 4 is 28.9 Å². The maximum atomic E-state index is 13.0. The van der Waals surface area contributed by atoms with Crippen LogP contribution in [0.1, 0.15) is 21.5 Å². The van der Waals surface area contributed by atoms with Crippen molar-refractivity contribution in [3.05, 3.63) is 98.8 Å². The van der Waals surface area contributed by atoms with Gasteiger partial charge in [-0.15, -0.1) is 0 Å². The van der Waals surface area contributed by atoms with Crippen LogP contribution in [0.2, 0.25) is 5.02 Å². The van der Waals surface area contributed by atoms with Crippen LogP contribution in [0.5, 0.6) is 0 Å². The molecule has 3 aromatic rings. The average molecular weight is 466 g/mol. The summed E-state index contributed by atoms with van der Waals surface area (Å²) in [5.41, 5.74) is 2.54. The zero-order valence-corrected chi connectivity index (χ0v) is 18.7. The molecule has 1 saturated heterocycles. The van der Waals surface area contributed by atoms with Crippen LogP contribution in [-0.2, 0) is 13.1 Å². The Morgan fingerprint density at radius 3 is 2.48 bits per heavy atom. The number of hydrogen-bond acceptors (Lipinski definition) is 6. The summed E-state index contributed by atoms with van der Waals surface area (Å²) in [7, 11) is 0. The number of nitrogens with one attached hydrogen (secondary N) is 1. The van der Waals surface area contributed by atoms with E-state index in [1.807, 2.05) is 30.3 Å². The summed E-state index contributed by atoms with van der Waals surface area (Å²) < 4.78 is 0. The minimum Gasteiger partial charge on any atom is -0.375 e. The molecule has 8 nitrogen and oxygen atoms in total. The van der Waals surface area contributed by atoms with Crippen molar-refractivity contribution in [3.8, 4) is 0 Å². The molecule has 2 heterocycles. The van der Waals surface area contributed by atoms with Gasteiger partial charge in [-0.05, 0) is 41.5 Å². The van der Waals surface area contributed by atoms with Gasteiger partial charge in [0, 0.05) is 68.3 Å². The summed E-state index contributed by atoms with van der Waals surface area (Å²) in [6.07, 6.45) is 3.55. The number of hydrogen-bond donors (Lipinski definition) is 1. The highest BCUT2D eigenvalue weighted by molar-refractivity contribution is 6.31. The lowest BCUT2D eigenvalue weighted by molar-refractivity contribution is -0.384. The number of nitro groups is 1. The lowest BCUT2D eigenvalue weighted by Crippen LogP contribution is -2.48. The molecule has 1 aliphatic heterocycles. The van der Waals surface area contributed by atoms with E-state index in [9.17, 15) is 14.9 Å². The van der Waals surface area contributed by atoms with Crippen LogP contribution in [-0.4, -0.2) is 51.8 Å². The van der Waals surface area contributed by atoms with Crippen LogP contribution in [0.25, 0.3) is 0 Å². The molecule has 33 heavy (non-hydrogen) atoms. The number of carbonyl (C=O) groups is 1. The fourth-order valence-electron chi connectivity index (χ4n) is 3.84. The van der Waals surface area contributed by atoms with Crippen LogP contribution in [0, 0.1) is 10.1 Å². The van der Waals surface area contributed by atoms with Crippen molar-refractivity contribution in [2.75, 3.05) is 31.5 Å². The summed E-state index contributed by atoms with van der Waals surface area (Å²) >= 11 is 6.17. The van der Waals surface area contributed by atoms with Crippen molar-refractivity contribution < 1.29 is 9.72 Å². The largest absolute Gasteiger partial charge is 0.375 e. The molecule has 9 heteroatoms. The highest BCUT2D eigenvalue weighted by atomic mass is 35.5. The maximum Gasteiger partial charge on any atom is 0.293 e. The zero-order chi connectivity index (χ0) is 23.2. The molecule has 1 fully saturated rings. The molecule has 1 N–H and O–H groups in total. The van der Waals surface area contributed by atoms with Crippen LogP contribution in [0.3, 0.4) is 0 Å². The van der Waals surface area contributed by atoms with Gasteiger partial charge in [-0.3, -0.25) is 24.8 Å². The second kappa shape index (κ2) is 10.4. The standard InChI is InChI=1S/C24H24ClN5O3/c25-21-4-2-1-3-20(21)16-27-22-6-5-19(15-23(22)30(32)33)24(31)29-13-11-28(12-14-29)17-18-7-9-26-10-8-18/h1-10,15,27H,11-14,16-17H2. The van der Waals surface area contributed by atoms with Crippen molar-refractivity contribution in [1.82, 2.24) is 14.8 Å². The third kappa shape index (κ3) is 5.66. The van der Waals surface area contributed by atoms with Gasteiger partial charge < -0.3 is 10.2 Å². The van der Waals surface area contributed by atoms with Crippen LogP contribution < -0.4 is 5.32 Å². The highest BCUT2D eigenvalue weighted by Crippen LogP contribution is 2.28. The van der Waals surface area contributed by atoms with Crippen molar-refractivity contribution in [3.63, 3.8) is 0 Å². The third-order valence-electron chi connectivity index (χ3n) is 5.68. The molecule has 0 radical (unpaired) electrons. The van der Waals surface area contributed by atoms with E-state index in [1.165, 1.54) is 11.6 Å². The summed E-state index contributed by atoms with van der Waals surface area (Å²) in [4.78, 5) is 32.3. The SMILES string of the molecule is O=C(c1ccc(NCc2ccccc2Cl)c([N+](=O)[O-])c1)N1CCN(Cc2ccncc2)CC1. The van der Waals surface area contributed by atoms with E-state index in [4.69, 9.17) is 11.6 Å². The number of halogens is 1. The van der Waals surface area contributed by atoms with E-state index in [-0.39, 0.29) is 11.6 Å². The number of anilines is 1. The molecule has 2 aromatic carbocycles. The average Bonchev–Trinajstić information content (AvgIpc) is 2.84. The van der Waals surface area contributed by atoms with Crippen LogP contribution >= 0.6 is 11.6 Å². The number of rotatable bonds is 7. The molecule has 0 spiro atoms. The summed E-state index contributed by atoms with van der Waals surface area (Å²) in [5, 5.41) is 15.3.